The van der Waals surface area contributed by atoms with Gasteiger partial charge in [-0.2, -0.15) is 0 Å². The first-order valence-corrected chi connectivity index (χ1v) is 5.92. The van der Waals surface area contributed by atoms with Crippen molar-refractivity contribution in [1.29, 1.82) is 0 Å². The summed E-state index contributed by atoms with van der Waals surface area (Å²) >= 11 is 0. The van der Waals surface area contributed by atoms with Gasteiger partial charge in [0.15, 0.2) is 0 Å². The van der Waals surface area contributed by atoms with Crippen molar-refractivity contribution in [3.63, 3.8) is 0 Å². The molecule has 1 heterocycles. The molecule has 0 spiro atoms. The van der Waals surface area contributed by atoms with E-state index in [1.54, 1.807) is 0 Å². The second-order valence-corrected chi connectivity index (χ2v) is 4.75. The summed E-state index contributed by atoms with van der Waals surface area (Å²) in [4.78, 5) is 16.4. The number of pyridine rings is 1. The fourth-order valence-electron chi connectivity index (χ4n) is 1.57. The van der Waals surface area contributed by atoms with Gasteiger partial charge in [-0.15, -0.1) is 0 Å². The number of aromatic nitrogens is 1. The summed E-state index contributed by atoms with van der Waals surface area (Å²) in [6, 6.07) is 1.81. The summed E-state index contributed by atoms with van der Waals surface area (Å²) in [6.07, 6.45) is 2.28. The molecular formula is C12H20N4O2. The summed E-state index contributed by atoms with van der Waals surface area (Å²) in [6.45, 7) is 4.88. The number of nitro groups is 1. The Kier molecular flexibility index (Phi) is 5.03. The summed E-state index contributed by atoms with van der Waals surface area (Å²) in [7, 11) is 4.06. The van der Waals surface area contributed by atoms with Crippen LogP contribution in [0.15, 0.2) is 12.3 Å². The lowest BCUT2D eigenvalue weighted by atomic mass is 10.2. The van der Waals surface area contributed by atoms with Gasteiger partial charge in [0.05, 0.1) is 4.92 Å². The zero-order valence-electron chi connectivity index (χ0n) is 11.3. The third-order valence-corrected chi connectivity index (χ3v) is 2.67. The first-order valence-electron chi connectivity index (χ1n) is 5.92. The van der Waals surface area contributed by atoms with Gasteiger partial charge in [0.25, 0.3) is 5.69 Å². The lowest BCUT2D eigenvalue weighted by Crippen LogP contribution is -2.23. The third-order valence-electron chi connectivity index (χ3n) is 2.67. The van der Waals surface area contributed by atoms with Gasteiger partial charge in [-0.25, -0.2) is 4.98 Å². The topological polar surface area (TPSA) is 71.3 Å². The van der Waals surface area contributed by atoms with E-state index in [0.717, 1.165) is 18.5 Å². The Hall–Kier alpha value is -1.69. The second kappa shape index (κ2) is 6.30. The molecule has 0 aromatic carbocycles. The van der Waals surface area contributed by atoms with Crippen LogP contribution in [0.4, 0.5) is 11.5 Å². The highest BCUT2D eigenvalue weighted by molar-refractivity contribution is 5.48. The second-order valence-electron chi connectivity index (χ2n) is 4.75. The number of aryl methyl sites for hydroxylation is 1. The van der Waals surface area contributed by atoms with Crippen LogP contribution in [-0.4, -0.2) is 41.5 Å². The lowest BCUT2D eigenvalue weighted by Gasteiger charge is -2.18. The Morgan fingerprint density at radius 3 is 2.72 bits per heavy atom. The van der Waals surface area contributed by atoms with Crippen molar-refractivity contribution >= 4 is 11.5 Å². The van der Waals surface area contributed by atoms with Crippen LogP contribution in [0, 0.1) is 17.0 Å². The lowest BCUT2D eigenvalue weighted by molar-refractivity contribution is -0.385. The molecule has 1 N–H and O–H groups in total. The van der Waals surface area contributed by atoms with Crippen molar-refractivity contribution in [3.05, 3.63) is 27.9 Å². The molecule has 0 aliphatic heterocycles. The number of hydrogen-bond acceptors (Lipinski definition) is 5. The maximum atomic E-state index is 10.6. The molecule has 0 radical (unpaired) electrons. The van der Waals surface area contributed by atoms with Crippen molar-refractivity contribution in [2.45, 2.75) is 26.3 Å². The van der Waals surface area contributed by atoms with E-state index < -0.39 is 4.92 Å². The van der Waals surface area contributed by atoms with E-state index in [-0.39, 0.29) is 11.7 Å². The fraction of sp³-hybridized carbons (Fsp3) is 0.583. The molecule has 1 aromatic heterocycles. The summed E-state index contributed by atoms with van der Waals surface area (Å²) in [5, 5.41) is 13.9. The van der Waals surface area contributed by atoms with Crippen LogP contribution in [0.3, 0.4) is 0 Å². The van der Waals surface area contributed by atoms with E-state index in [0.29, 0.717) is 5.82 Å². The van der Waals surface area contributed by atoms with Gasteiger partial charge in [0.1, 0.15) is 12.0 Å². The average Bonchev–Trinajstić information content (AvgIpc) is 2.29. The quantitative estimate of drug-likeness (QED) is 0.619. The van der Waals surface area contributed by atoms with Crippen molar-refractivity contribution < 1.29 is 4.92 Å². The highest BCUT2D eigenvalue weighted by Gasteiger charge is 2.11. The van der Waals surface area contributed by atoms with Crippen molar-refractivity contribution in [2.75, 3.05) is 26.0 Å². The van der Waals surface area contributed by atoms with Crippen LogP contribution in [0.1, 0.15) is 18.9 Å². The first-order chi connectivity index (χ1) is 8.40. The largest absolute Gasteiger partial charge is 0.367 e. The molecule has 6 heteroatoms. The maximum absolute atomic E-state index is 10.6. The van der Waals surface area contributed by atoms with Crippen molar-refractivity contribution in [1.82, 2.24) is 9.88 Å². The van der Waals surface area contributed by atoms with Crippen LogP contribution in [0.25, 0.3) is 0 Å². The van der Waals surface area contributed by atoms with Gasteiger partial charge in [-0.3, -0.25) is 10.1 Å². The molecule has 1 atom stereocenters. The summed E-state index contributed by atoms with van der Waals surface area (Å²) < 4.78 is 0. The van der Waals surface area contributed by atoms with E-state index in [2.05, 4.69) is 22.1 Å². The molecule has 1 rings (SSSR count). The van der Waals surface area contributed by atoms with Crippen LogP contribution >= 0.6 is 0 Å². The minimum atomic E-state index is -0.431. The Labute approximate surface area is 107 Å². The molecule has 0 amide bonds. The molecule has 0 bridgehead atoms. The van der Waals surface area contributed by atoms with E-state index in [9.17, 15) is 10.1 Å². The zero-order chi connectivity index (χ0) is 13.7. The van der Waals surface area contributed by atoms with Gasteiger partial charge in [0, 0.05) is 12.1 Å². The molecule has 1 aromatic rings. The smallest absolute Gasteiger partial charge is 0.287 e. The standard InChI is InChI=1S/C12H20N4O2/c1-9-7-11(16(17)18)8-13-12(9)14-10(2)5-6-15(3)4/h7-8,10H,5-6H2,1-4H3,(H,13,14). The predicted molar refractivity (Wildman–Crippen MR) is 71.9 cm³/mol. The fourth-order valence-corrected chi connectivity index (χ4v) is 1.57. The minimum absolute atomic E-state index is 0.0268. The molecule has 0 saturated heterocycles. The molecule has 0 aliphatic rings. The number of rotatable bonds is 6. The number of hydrogen-bond donors (Lipinski definition) is 1. The number of nitrogens with zero attached hydrogens (tertiary/aromatic N) is 3. The molecular weight excluding hydrogens is 232 g/mol. The van der Waals surface area contributed by atoms with Crippen LogP contribution < -0.4 is 5.32 Å². The summed E-state index contributed by atoms with van der Waals surface area (Å²) in [5.74, 6) is 0.715. The van der Waals surface area contributed by atoms with E-state index >= 15 is 0 Å². The van der Waals surface area contributed by atoms with Gasteiger partial charge < -0.3 is 10.2 Å². The molecule has 6 nitrogen and oxygen atoms in total. The van der Waals surface area contributed by atoms with Gasteiger partial charge >= 0.3 is 0 Å². The third kappa shape index (κ3) is 4.29. The number of anilines is 1. The maximum Gasteiger partial charge on any atom is 0.287 e. The highest BCUT2D eigenvalue weighted by Crippen LogP contribution is 2.18. The van der Waals surface area contributed by atoms with Gasteiger partial charge in [-0.05, 0) is 46.5 Å². The van der Waals surface area contributed by atoms with E-state index in [1.165, 1.54) is 12.3 Å². The Morgan fingerprint density at radius 1 is 1.56 bits per heavy atom. The first kappa shape index (κ1) is 14.4. The van der Waals surface area contributed by atoms with Crippen molar-refractivity contribution in [2.24, 2.45) is 0 Å². The minimum Gasteiger partial charge on any atom is -0.367 e. The Morgan fingerprint density at radius 2 is 2.22 bits per heavy atom. The molecule has 0 fully saturated rings. The van der Waals surface area contributed by atoms with E-state index in [4.69, 9.17) is 0 Å². The number of nitrogens with one attached hydrogen (secondary N) is 1. The van der Waals surface area contributed by atoms with E-state index in [1.807, 2.05) is 21.0 Å². The summed E-state index contributed by atoms with van der Waals surface area (Å²) in [5.41, 5.74) is 0.819. The molecule has 18 heavy (non-hydrogen) atoms. The van der Waals surface area contributed by atoms with Gasteiger partial charge in [-0.1, -0.05) is 0 Å². The Bertz CT molecular complexity index is 421. The molecule has 1 unspecified atom stereocenters. The zero-order valence-corrected chi connectivity index (χ0v) is 11.3. The highest BCUT2D eigenvalue weighted by atomic mass is 16.6. The SMILES string of the molecule is Cc1cc([N+](=O)[O-])cnc1NC(C)CCN(C)C. The van der Waals surface area contributed by atoms with Crippen molar-refractivity contribution in [3.8, 4) is 0 Å². The molecule has 0 aliphatic carbocycles. The van der Waals surface area contributed by atoms with Crippen LogP contribution in [0.2, 0.25) is 0 Å². The van der Waals surface area contributed by atoms with Gasteiger partial charge in [0.2, 0.25) is 0 Å². The Balaban J connectivity index is 2.64. The van der Waals surface area contributed by atoms with Crippen LogP contribution in [-0.2, 0) is 0 Å². The molecule has 0 saturated carbocycles. The normalized spacial score (nSPS) is 12.5. The predicted octanol–water partition coefficient (Wildman–Crippen LogP) is 2.05. The molecule has 100 valence electrons. The van der Waals surface area contributed by atoms with Crippen LogP contribution in [0.5, 0.6) is 0 Å². The monoisotopic (exact) mass is 252 g/mol. The average molecular weight is 252 g/mol.